The fourth-order valence-electron chi connectivity index (χ4n) is 2.11. The zero-order valence-electron chi connectivity index (χ0n) is 12.2. The summed E-state index contributed by atoms with van der Waals surface area (Å²) in [6.45, 7) is 0.408. The maximum absolute atomic E-state index is 12.6. The molecule has 3 rings (SSSR count). The Bertz CT molecular complexity index is 807. The van der Waals surface area contributed by atoms with E-state index in [2.05, 4.69) is 5.32 Å². The summed E-state index contributed by atoms with van der Waals surface area (Å²) in [5, 5.41) is 7.59. The van der Waals surface area contributed by atoms with Crippen LogP contribution >= 0.6 is 34.3 Å². The molecule has 3 aromatic rings. The maximum atomic E-state index is 12.6. The standard InChI is InChI=1S/C18H14ClNOS2/c19-16-7-2-1-5-13(16)12-20-18(21)15(17-8-4-10-23-17)11-14-6-3-9-22-14/h1-11H,12H2,(H,20,21). The van der Waals surface area contributed by atoms with Gasteiger partial charge in [-0.2, -0.15) is 0 Å². The van der Waals surface area contributed by atoms with E-state index in [-0.39, 0.29) is 5.91 Å². The molecule has 116 valence electrons. The highest BCUT2D eigenvalue weighted by Gasteiger charge is 2.13. The summed E-state index contributed by atoms with van der Waals surface area (Å²) in [5.41, 5.74) is 1.58. The quantitative estimate of drug-likeness (QED) is 0.614. The average molecular weight is 360 g/mol. The number of nitrogens with one attached hydrogen (secondary N) is 1. The van der Waals surface area contributed by atoms with Crippen molar-refractivity contribution in [2.24, 2.45) is 0 Å². The number of benzene rings is 1. The van der Waals surface area contributed by atoms with Crippen molar-refractivity contribution in [3.63, 3.8) is 0 Å². The van der Waals surface area contributed by atoms with Crippen LogP contribution in [0.4, 0.5) is 0 Å². The molecule has 2 nitrogen and oxygen atoms in total. The van der Waals surface area contributed by atoms with Gasteiger partial charge in [-0.05, 0) is 40.6 Å². The van der Waals surface area contributed by atoms with Crippen molar-refractivity contribution >= 4 is 51.8 Å². The normalized spacial score (nSPS) is 11.4. The van der Waals surface area contributed by atoms with E-state index in [1.54, 1.807) is 22.7 Å². The summed E-state index contributed by atoms with van der Waals surface area (Å²) in [4.78, 5) is 14.7. The summed E-state index contributed by atoms with van der Waals surface area (Å²) in [6.07, 6.45) is 1.93. The van der Waals surface area contributed by atoms with Gasteiger partial charge in [0.1, 0.15) is 0 Å². The van der Waals surface area contributed by atoms with Crippen LogP contribution in [0.5, 0.6) is 0 Å². The molecule has 2 heterocycles. The van der Waals surface area contributed by atoms with Gasteiger partial charge in [0.25, 0.3) is 5.91 Å². The first kappa shape index (κ1) is 16.0. The lowest BCUT2D eigenvalue weighted by molar-refractivity contribution is -0.115. The highest BCUT2D eigenvalue weighted by Crippen LogP contribution is 2.25. The molecule has 0 unspecified atom stereocenters. The molecule has 0 aliphatic rings. The lowest BCUT2D eigenvalue weighted by atomic mass is 10.1. The van der Waals surface area contributed by atoms with Crippen molar-refractivity contribution in [1.29, 1.82) is 0 Å². The first-order chi connectivity index (χ1) is 11.2. The second-order valence-corrected chi connectivity index (χ2v) is 7.16. The van der Waals surface area contributed by atoms with Gasteiger partial charge < -0.3 is 5.32 Å². The van der Waals surface area contributed by atoms with Crippen molar-refractivity contribution in [3.05, 3.63) is 79.6 Å². The van der Waals surface area contributed by atoms with E-state index in [0.717, 1.165) is 15.3 Å². The largest absolute Gasteiger partial charge is 0.348 e. The fraction of sp³-hybridized carbons (Fsp3) is 0.0556. The molecular formula is C18H14ClNOS2. The Morgan fingerprint density at radius 1 is 1.04 bits per heavy atom. The lowest BCUT2D eigenvalue weighted by Gasteiger charge is -2.09. The number of carbonyl (C=O) groups excluding carboxylic acids is 1. The number of carbonyl (C=O) groups is 1. The molecule has 0 radical (unpaired) electrons. The van der Waals surface area contributed by atoms with E-state index in [1.165, 1.54) is 0 Å². The molecule has 0 spiro atoms. The van der Waals surface area contributed by atoms with E-state index in [9.17, 15) is 4.79 Å². The molecule has 0 saturated heterocycles. The van der Waals surface area contributed by atoms with Gasteiger partial charge in [0.15, 0.2) is 0 Å². The topological polar surface area (TPSA) is 29.1 Å². The number of hydrogen-bond donors (Lipinski definition) is 1. The molecule has 23 heavy (non-hydrogen) atoms. The minimum Gasteiger partial charge on any atom is -0.348 e. The van der Waals surface area contributed by atoms with Crippen molar-refractivity contribution in [2.75, 3.05) is 0 Å². The Morgan fingerprint density at radius 3 is 2.52 bits per heavy atom. The van der Waals surface area contributed by atoms with Gasteiger partial charge in [-0.1, -0.05) is 41.9 Å². The maximum Gasteiger partial charge on any atom is 0.253 e. The monoisotopic (exact) mass is 359 g/mol. The van der Waals surface area contributed by atoms with Crippen LogP contribution in [-0.4, -0.2) is 5.91 Å². The predicted octanol–water partition coefficient (Wildman–Crippen LogP) is 5.32. The molecule has 1 amide bonds. The smallest absolute Gasteiger partial charge is 0.253 e. The first-order valence-corrected chi connectivity index (χ1v) is 9.18. The van der Waals surface area contributed by atoms with Crippen molar-refractivity contribution in [3.8, 4) is 0 Å². The highest BCUT2D eigenvalue weighted by molar-refractivity contribution is 7.12. The van der Waals surface area contributed by atoms with Gasteiger partial charge in [-0.25, -0.2) is 0 Å². The Kier molecular flexibility index (Phi) is 5.28. The first-order valence-electron chi connectivity index (χ1n) is 7.05. The van der Waals surface area contributed by atoms with Crippen LogP contribution in [0.1, 0.15) is 15.3 Å². The zero-order valence-corrected chi connectivity index (χ0v) is 14.5. The number of halogens is 1. The molecule has 5 heteroatoms. The van der Waals surface area contributed by atoms with Crippen molar-refractivity contribution < 1.29 is 4.79 Å². The van der Waals surface area contributed by atoms with Crippen LogP contribution in [0.25, 0.3) is 11.6 Å². The molecule has 1 aromatic carbocycles. The van der Waals surface area contributed by atoms with Gasteiger partial charge in [0.05, 0.1) is 5.57 Å². The van der Waals surface area contributed by atoms with Gasteiger partial charge in [0.2, 0.25) is 0 Å². The second-order valence-electron chi connectivity index (χ2n) is 4.82. The minimum absolute atomic E-state index is 0.0965. The van der Waals surface area contributed by atoms with E-state index in [1.807, 2.05) is 65.4 Å². The van der Waals surface area contributed by atoms with Crippen molar-refractivity contribution in [1.82, 2.24) is 5.32 Å². The third-order valence-electron chi connectivity index (χ3n) is 3.26. The van der Waals surface area contributed by atoms with Gasteiger partial charge >= 0.3 is 0 Å². The van der Waals surface area contributed by atoms with Crippen LogP contribution < -0.4 is 5.32 Å². The Balaban J connectivity index is 1.80. The van der Waals surface area contributed by atoms with Crippen LogP contribution in [0.3, 0.4) is 0 Å². The van der Waals surface area contributed by atoms with Crippen LogP contribution in [0.15, 0.2) is 59.3 Å². The molecule has 0 bridgehead atoms. The van der Waals surface area contributed by atoms with E-state index >= 15 is 0 Å². The van der Waals surface area contributed by atoms with Crippen LogP contribution in [0.2, 0.25) is 5.02 Å². The zero-order chi connectivity index (χ0) is 16.1. The Labute approximate surface area is 148 Å². The van der Waals surface area contributed by atoms with Crippen LogP contribution in [0, 0.1) is 0 Å². The molecule has 0 atom stereocenters. The summed E-state index contributed by atoms with van der Waals surface area (Å²) < 4.78 is 0. The number of rotatable bonds is 5. The SMILES string of the molecule is O=C(NCc1ccccc1Cl)C(=Cc1cccs1)c1cccs1. The number of amides is 1. The lowest BCUT2D eigenvalue weighted by Crippen LogP contribution is -2.23. The molecule has 2 aromatic heterocycles. The molecule has 0 aliphatic carbocycles. The Hall–Kier alpha value is -1.88. The number of thiophene rings is 2. The second kappa shape index (κ2) is 7.59. The van der Waals surface area contributed by atoms with E-state index in [4.69, 9.17) is 11.6 Å². The number of hydrogen-bond acceptors (Lipinski definition) is 3. The fourth-order valence-corrected chi connectivity index (χ4v) is 3.71. The molecule has 0 saturated carbocycles. The van der Waals surface area contributed by atoms with Crippen molar-refractivity contribution in [2.45, 2.75) is 6.54 Å². The minimum atomic E-state index is -0.0965. The third kappa shape index (κ3) is 4.10. The Morgan fingerprint density at radius 2 is 1.83 bits per heavy atom. The summed E-state index contributed by atoms with van der Waals surface area (Å²) in [7, 11) is 0. The molecule has 1 N–H and O–H groups in total. The van der Waals surface area contributed by atoms with Gasteiger partial charge in [0, 0.05) is 21.3 Å². The van der Waals surface area contributed by atoms with E-state index in [0.29, 0.717) is 17.1 Å². The van der Waals surface area contributed by atoms with Gasteiger partial charge in [-0.15, -0.1) is 22.7 Å². The molecule has 0 fully saturated rings. The summed E-state index contributed by atoms with van der Waals surface area (Å²) in [6, 6.07) is 15.4. The summed E-state index contributed by atoms with van der Waals surface area (Å²) in [5.74, 6) is -0.0965. The molecule has 0 aliphatic heterocycles. The summed E-state index contributed by atoms with van der Waals surface area (Å²) >= 11 is 9.31. The molecular weight excluding hydrogens is 346 g/mol. The van der Waals surface area contributed by atoms with Gasteiger partial charge in [-0.3, -0.25) is 4.79 Å². The van der Waals surface area contributed by atoms with Crippen LogP contribution in [-0.2, 0) is 11.3 Å². The van der Waals surface area contributed by atoms with E-state index < -0.39 is 0 Å². The predicted molar refractivity (Wildman–Crippen MR) is 99.8 cm³/mol. The third-order valence-corrected chi connectivity index (χ3v) is 5.35. The average Bonchev–Trinajstić information content (AvgIpc) is 3.25. The highest BCUT2D eigenvalue weighted by atomic mass is 35.5.